The highest BCUT2D eigenvalue weighted by Gasteiger charge is 2.19. The minimum Gasteiger partial charge on any atom is -0.493 e. The summed E-state index contributed by atoms with van der Waals surface area (Å²) in [7, 11) is 3.10. The van der Waals surface area contributed by atoms with E-state index in [-0.39, 0.29) is 5.91 Å². The van der Waals surface area contributed by atoms with E-state index in [1.807, 2.05) is 0 Å². The monoisotopic (exact) mass is 359 g/mol. The number of carbonyl (C=O) groups is 1. The van der Waals surface area contributed by atoms with Crippen molar-refractivity contribution in [1.82, 2.24) is 9.97 Å². The van der Waals surface area contributed by atoms with Crippen LogP contribution in [0.1, 0.15) is 6.92 Å². The largest absolute Gasteiger partial charge is 0.493 e. The molecule has 0 saturated carbocycles. The summed E-state index contributed by atoms with van der Waals surface area (Å²) in [5.74, 6) is 0.972. The minimum absolute atomic E-state index is 0.174. The number of hydrogen-bond donors (Lipinski definition) is 1. The molecule has 25 heavy (non-hydrogen) atoms. The van der Waals surface area contributed by atoms with Gasteiger partial charge in [0.1, 0.15) is 0 Å². The Kier molecular flexibility index (Phi) is 5.08. The topological polar surface area (TPSA) is 86.5 Å². The van der Waals surface area contributed by atoms with Gasteiger partial charge in [-0.3, -0.25) is 4.79 Å². The van der Waals surface area contributed by atoms with Gasteiger partial charge < -0.3 is 19.2 Å². The van der Waals surface area contributed by atoms with Crippen LogP contribution in [0.3, 0.4) is 0 Å². The third-order valence-corrected chi connectivity index (χ3v) is 4.39. The Morgan fingerprint density at radius 3 is 2.76 bits per heavy atom. The van der Waals surface area contributed by atoms with Gasteiger partial charge in [-0.2, -0.15) is 4.98 Å². The predicted octanol–water partition coefficient (Wildman–Crippen LogP) is 3.36. The van der Waals surface area contributed by atoms with Gasteiger partial charge in [-0.05, 0) is 31.2 Å². The molecule has 7 nitrogen and oxygen atoms in total. The van der Waals surface area contributed by atoms with Crippen LogP contribution in [0, 0.1) is 0 Å². The molecule has 0 unspecified atom stereocenters. The van der Waals surface area contributed by atoms with Crippen LogP contribution in [-0.4, -0.2) is 35.3 Å². The third-order valence-electron chi connectivity index (χ3n) is 3.44. The first-order valence-corrected chi connectivity index (χ1v) is 8.40. The average molecular weight is 359 g/mol. The number of amides is 1. The van der Waals surface area contributed by atoms with Crippen LogP contribution >= 0.6 is 11.8 Å². The van der Waals surface area contributed by atoms with Crippen LogP contribution in [0.4, 0.5) is 5.69 Å². The number of hydrogen-bond acceptors (Lipinski definition) is 7. The maximum absolute atomic E-state index is 12.4. The highest BCUT2D eigenvalue weighted by molar-refractivity contribution is 8.00. The highest BCUT2D eigenvalue weighted by Crippen LogP contribution is 2.31. The van der Waals surface area contributed by atoms with E-state index < -0.39 is 5.25 Å². The Hall–Kier alpha value is -2.74. The average Bonchev–Trinajstić information content (AvgIpc) is 3.03. The molecular formula is C17H17N3O4S. The smallest absolute Gasteiger partial charge is 0.259 e. The summed E-state index contributed by atoms with van der Waals surface area (Å²) in [5, 5.41) is 2.85. The quantitative estimate of drug-likeness (QED) is 0.675. The zero-order valence-corrected chi connectivity index (χ0v) is 14.8. The summed E-state index contributed by atoms with van der Waals surface area (Å²) >= 11 is 1.23. The second-order valence-electron chi connectivity index (χ2n) is 5.12. The molecule has 3 rings (SSSR count). The van der Waals surface area contributed by atoms with E-state index in [0.29, 0.717) is 33.6 Å². The zero-order valence-electron chi connectivity index (χ0n) is 14.0. The SMILES string of the molecule is COc1ccc(NC(=O)[C@@H](C)Sc2nc3ncccc3o2)cc1OC. The number of nitrogens with zero attached hydrogens (tertiary/aromatic N) is 2. The second-order valence-corrected chi connectivity index (χ2v) is 6.42. The molecule has 2 heterocycles. The Labute approximate surface area is 148 Å². The van der Waals surface area contributed by atoms with Crippen molar-refractivity contribution >= 4 is 34.6 Å². The first-order chi connectivity index (χ1) is 12.1. The van der Waals surface area contributed by atoms with E-state index in [1.165, 1.54) is 11.8 Å². The molecule has 0 radical (unpaired) electrons. The van der Waals surface area contributed by atoms with Crippen molar-refractivity contribution < 1.29 is 18.7 Å². The number of rotatable bonds is 6. The van der Waals surface area contributed by atoms with Crippen molar-refractivity contribution in [2.24, 2.45) is 0 Å². The molecule has 1 N–H and O–H groups in total. The van der Waals surface area contributed by atoms with Crippen LogP contribution in [-0.2, 0) is 4.79 Å². The minimum atomic E-state index is -0.402. The van der Waals surface area contributed by atoms with Gasteiger partial charge in [-0.15, -0.1) is 0 Å². The number of nitrogens with one attached hydrogen (secondary N) is 1. The molecule has 0 saturated heterocycles. The normalized spacial score (nSPS) is 12.0. The van der Waals surface area contributed by atoms with E-state index >= 15 is 0 Å². The summed E-state index contributed by atoms with van der Waals surface area (Å²) in [6.07, 6.45) is 1.65. The molecule has 0 aliphatic heterocycles. The molecule has 3 aromatic rings. The lowest BCUT2D eigenvalue weighted by atomic mass is 10.2. The Morgan fingerprint density at radius 2 is 2.04 bits per heavy atom. The number of aromatic nitrogens is 2. The van der Waals surface area contributed by atoms with Crippen molar-refractivity contribution in [1.29, 1.82) is 0 Å². The number of ether oxygens (including phenoxy) is 2. The number of benzene rings is 1. The molecule has 0 spiro atoms. The number of carbonyl (C=O) groups excluding carboxylic acids is 1. The second kappa shape index (κ2) is 7.43. The Balaban J connectivity index is 1.68. The number of fused-ring (bicyclic) bond motifs is 1. The fourth-order valence-electron chi connectivity index (χ4n) is 2.16. The van der Waals surface area contributed by atoms with E-state index in [9.17, 15) is 4.79 Å². The molecule has 8 heteroatoms. The van der Waals surface area contributed by atoms with Gasteiger partial charge in [-0.1, -0.05) is 11.8 Å². The number of methoxy groups -OCH3 is 2. The van der Waals surface area contributed by atoms with Crippen molar-refractivity contribution in [2.75, 3.05) is 19.5 Å². The standard InChI is InChI=1S/C17H17N3O4S/c1-10(25-17-20-15-13(24-17)5-4-8-18-15)16(21)19-11-6-7-12(22-2)14(9-11)23-3/h4-10H,1-3H3,(H,19,21)/t10-/m1/s1. The Bertz CT molecular complexity index is 863. The molecule has 0 bridgehead atoms. The van der Waals surface area contributed by atoms with Gasteiger partial charge in [0, 0.05) is 18.0 Å². The van der Waals surface area contributed by atoms with Gasteiger partial charge in [0.25, 0.3) is 5.22 Å². The van der Waals surface area contributed by atoms with Crippen LogP contribution in [0.25, 0.3) is 11.2 Å². The lowest BCUT2D eigenvalue weighted by molar-refractivity contribution is -0.115. The zero-order chi connectivity index (χ0) is 17.8. The number of oxazole rings is 1. The van der Waals surface area contributed by atoms with Gasteiger partial charge in [-0.25, -0.2) is 4.98 Å². The van der Waals surface area contributed by atoms with Crippen LogP contribution in [0.2, 0.25) is 0 Å². The fourth-order valence-corrected chi connectivity index (χ4v) is 2.91. The molecule has 0 aliphatic carbocycles. The molecule has 1 atom stereocenters. The van der Waals surface area contributed by atoms with E-state index in [4.69, 9.17) is 13.9 Å². The van der Waals surface area contributed by atoms with Gasteiger partial charge in [0.15, 0.2) is 22.7 Å². The maximum atomic E-state index is 12.4. The van der Waals surface area contributed by atoms with Gasteiger partial charge in [0.2, 0.25) is 5.91 Å². The first kappa shape index (κ1) is 17.1. The van der Waals surface area contributed by atoms with E-state index in [1.54, 1.807) is 57.7 Å². The van der Waals surface area contributed by atoms with Crippen molar-refractivity contribution in [2.45, 2.75) is 17.4 Å². The predicted molar refractivity (Wildman–Crippen MR) is 95.3 cm³/mol. The lowest BCUT2D eigenvalue weighted by Crippen LogP contribution is -2.22. The third kappa shape index (κ3) is 3.85. The van der Waals surface area contributed by atoms with Crippen molar-refractivity contribution in [3.05, 3.63) is 36.5 Å². The first-order valence-electron chi connectivity index (χ1n) is 7.52. The molecule has 1 aromatic carbocycles. The summed E-state index contributed by atoms with van der Waals surface area (Å²) < 4.78 is 16.0. The van der Waals surface area contributed by atoms with E-state index in [0.717, 1.165) is 0 Å². The van der Waals surface area contributed by atoms with Crippen molar-refractivity contribution in [3.8, 4) is 11.5 Å². The highest BCUT2D eigenvalue weighted by atomic mass is 32.2. The Morgan fingerprint density at radius 1 is 1.24 bits per heavy atom. The van der Waals surface area contributed by atoms with E-state index in [2.05, 4.69) is 15.3 Å². The number of anilines is 1. The number of thioether (sulfide) groups is 1. The molecule has 2 aromatic heterocycles. The fraction of sp³-hybridized carbons (Fsp3) is 0.235. The molecule has 130 valence electrons. The molecular weight excluding hydrogens is 342 g/mol. The van der Waals surface area contributed by atoms with Crippen LogP contribution in [0.15, 0.2) is 46.2 Å². The summed E-state index contributed by atoms with van der Waals surface area (Å²) in [5.41, 5.74) is 1.74. The molecule has 0 fully saturated rings. The summed E-state index contributed by atoms with van der Waals surface area (Å²) in [4.78, 5) is 20.8. The van der Waals surface area contributed by atoms with Crippen LogP contribution < -0.4 is 14.8 Å². The molecule has 0 aliphatic rings. The van der Waals surface area contributed by atoms with Crippen molar-refractivity contribution in [3.63, 3.8) is 0 Å². The number of pyridine rings is 1. The summed E-state index contributed by atoms with van der Waals surface area (Å²) in [6, 6.07) is 8.75. The van der Waals surface area contributed by atoms with Crippen LogP contribution in [0.5, 0.6) is 11.5 Å². The van der Waals surface area contributed by atoms with Gasteiger partial charge >= 0.3 is 0 Å². The molecule has 1 amide bonds. The van der Waals surface area contributed by atoms with Gasteiger partial charge in [0.05, 0.1) is 19.5 Å². The summed E-state index contributed by atoms with van der Waals surface area (Å²) in [6.45, 7) is 1.78. The maximum Gasteiger partial charge on any atom is 0.259 e. The lowest BCUT2D eigenvalue weighted by Gasteiger charge is -2.12.